The number of carbonyl (C=O) groups excluding carboxylic acids is 1. The van der Waals surface area contributed by atoms with Crippen LogP contribution in [0.25, 0.3) is 0 Å². The fourth-order valence-corrected chi connectivity index (χ4v) is 2.10. The highest BCUT2D eigenvalue weighted by molar-refractivity contribution is 6.01. The molecule has 0 aliphatic rings. The van der Waals surface area contributed by atoms with E-state index in [2.05, 4.69) is 4.98 Å². The van der Waals surface area contributed by atoms with Crippen molar-refractivity contribution in [3.63, 3.8) is 0 Å². The summed E-state index contributed by atoms with van der Waals surface area (Å²) in [5.41, 5.74) is 1.30. The second-order valence-corrected chi connectivity index (χ2v) is 4.34. The Morgan fingerprint density at radius 1 is 1.05 bits per heavy atom. The van der Waals surface area contributed by atoms with Crippen molar-refractivity contribution in [2.45, 2.75) is 6.42 Å². The largest absolute Gasteiger partial charge is 0.493 e. The number of nitrogens with zero attached hydrogens (tertiary/aromatic N) is 1. The van der Waals surface area contributed by atoms with Gasteiger partial charge in [-0.15, -0.1) is 0 Å². The molecule has 0 radical (unpaired) electrons. The van der Waals surface area contributed by atoms with Gasteiger partial charge in [0, 0.05) is 18.8 Å². The summed E-state index contributed by atoms with van der Waals surface area (Å²) in [6.07, 6.45) is 3.59. The number of carbonyl (C=O) groups is 1. The number of Topliss-reactive ketones (excluding diaryl/α,β-unsaturated/α-hetero) is 1. The molecule has 0 unspecified atom stereocenters. The van der Waals surface area contributed by atoms with Gasteiger partial charge < -0.3 is 14.2 Å². The maximum absolute atomic E-state index is 12.5. The molecule has 0 aliphatic carbocycles. The van der Waals surface area contributed by atoms with E-state index in [0.717, 1.165) is 5.56 Å². The summed E-state index contributed by atoms with van der Waals surface area (Å²) >= 11 is 0. The monoisotopic (exact) mass is 287 g/mol. The number of hydrogen-bond acceptors (Lipinski definition) is 5. The van der Waals surface area contributed by atoms with Crippen LogP contribution in [0.2, 0.25) is 0 Å². The molecule has 0 saturated heterocycles. The Labute approximate surface area is 123 Å². The summed E-state index contributed by atoms with van der Waals surface area (Å²) in [5.74, 6) is 1.25. The third-order valence-electron chi connectivity index (χ3n) is 3.09. The van der Waals surface area contributed by atoms with E-state index in [1.54, 1.807) is 30.6 Å². The topological polar surface area (TPSA) is 57.7 Å². The van der Waals surface area contributed by atoms with Crippen molar-refractivity contribution >= 4 is 5.78 Å². The lowest BCUT2D eigenvalue weighted by Crippen LogP contribution is -2.07. The van der Waals surface area contributed by atoms with Crippen molar-refractivity contribution < 1.29 is 19.0 Å². The van der Waals surface area contributed by atoms with Gasteiger partial charge in [0.05, 0.1) is 26.9 Å². The zero-order valence-electron chi connectivity index (χ0n) is 12.3. The Morgan fingerprint density at radius 2 is 1.81 bits per heavy atom. The Hall–Kier alpha value is -2.56. The summed E-state index contributed by atoms with van der Waals surface area (Å²) < 4.78 is 15.8. The first-order valence-electron chi connectivity index (χ1n) is 6.42. The molecule has 0 spiro atoms. The summed E-state index contributed by atoms with van der Waals surface area (Å²) in [6.45, 7) is 0. The predicted octanol–water partition coefficient (Wildman–Crippen LogP) is 2.53. The second kappa shape index (κ2) is 6.74. The highest BCUT2D eigenvalue weighted by Crippen LogP contribution is 2.40. The van der Waals surface area contributed by atoms with E-state index < -0.39 is 0 Å². The number of ketones is 1. The predicted molar refractivity (Wildman–Crippen MR) is 78.4 cm³/mol. The van der Waals surface area contributed by atoms with Crippen molar-refractivity contribution in [2.24, 2.45) is 0 Å². The van der Waals surface area contributed by atoms with Crippen LogP contribution in [-0.2, 0) is 6.42 Å². The van der Waals surface area contributed by atoms with Crippen LogP contribution in [0.3, 0.4) is 0 Å². The van der Waals surface area contributed by atoms with Crippen LogP contribution in [0.4, 0.5) is 0 Å². The van der Waals surface area contributed by atoms with E-state index in [4.69, 9.17) is 14.2 Å². The smallest absolute Gasteiger partial charge is 0.204 e. The van der Waals surface area contributed by atoms with Gasteiger partial charge in [-0.1, -0.05) is 6.07 Å². The average Bonchev–Trinajstić information content (AvgIpc) is 2.53. The van der Waals surface area contributed by atoms with Crippen LogP contribution in [0.1, 0.15) is 15.9 Å². The molecule has 110 valence electrons. The van der Waals surface area contributed by atoms with E-state index in [0.29, 0.717) is 22.8 Å². The summed E-state index contributed by atoms with van der Waals surface area (Å²) in [6, 6.07) is 7.03. The van der Waals surface area contributed by atoms with Crippen LogP contribution < -0.4 is 14.2 Å². The molecule has 21 heavy (non-hydrogen) atoms. The fourth-order valence-electron chi connectivity index (χ4n) is 2.10. The SMILES string of the molecule is COc1ccc(C(=O)Cc2cccnc2)c(OC)c1OC. The standard InChI is InChI=1S/C16H17NO4/c1-19-14-7-6-12(15(20-2)16(14)21-3)13(18)9-11-5-4-8-17-10-11/h4-8,10H,9H2,1-3H3. The molecule has 2 rings (SSSR count). The van der Waals surface area contributed by atoms with E-state index in [1.807, 2.05) is 6.07 Å². The van der Waals surface area contributed by atoms with Gasteiger partial charge in [0.1, 0.15) is 0 Å². The number of aromatic nitrogens is 1. The molecule has 1 aromatic carbocycles. The van der Waals surface area contributed by atoms with Crippen LogP contribution in [0, 0.1) is 0 Å². The molecule has 0 aliphatic heterocycles. The average molecular weight is 287 g/mol. The van der Waals surface area contributed by atoms with Gasteiger partial charge in [0.15, 0.2) is 17.3 Å². The molecule has 1 heterocycles. The zero-order valence-corrected chi connectivity index (χ0v) is 12.3. The van der Waals surface area contributed by atoms with Crippen LogP contribution >= 0.6 is 0 Å². The summed E-state index contributed by atoms with van der Waals surface area (Å²) in [5, 5.41) is 0. The van der Waals surface area contributed by atoms with Crippen molar-refractivity contribution in [1.29, 1.82) is 0 Å². The van der Waals surface area contributed by atoms with Gasteiger partial charge in [-0.05, 0) is 23.8 Å². The van der Waals surface area contributed by atoms with E-state index >= 15 is 0 Å². The van der Waals surface area contributed by atoms with Gasteiger partial charge >= 0.3 is 0 Å². The van der Waals surface area contributed by atoms with Gasteiger partial charge in [-0.3, -0.25) is 9.78 Å². The van der Waals surface area contributed by atoms with Gasteiger partial charge in [0.25, 0.3) is 0 Å². The first-order valence-corrected chi connectivity index (χ1v) is 6.42. The molecule has 5 nitrogen and oxygen atoms in total. The molecule has 0 N–H and O–H groups in total. The third-order valence-corrected chi connectivity index (χ3v) is 3.09. The molecule has 5 heteroatoms. The van der Waals surface area contributed by atoms with Gasteiger partial charge in [0.2, 0.25) is 5.75 Å². The highest BCUT2D eigenvalue weighted by atomic mass is 16.5. The Morgan fingerprint density at radius 3 is 2.38 bits per heavy atom. The quantitative estimate of drug-likeness (QED) is 0.764. The fraction of sp³-hybridized carbons (Fsp3) is 0.250. The lowest BCUT2D eigenvalue weighted by atomic mass is 10.0. The van der Waals surface area contributed by atoms with Gasteiger partial charge in [-0.2, -0.15) is 0 Å². The number of benzene rings is 1. The molecule has 2 aromatic rings. The second-order valence-electron chi connectivity index (χ2n) is 4.34. The van der Waals surface area contributed by atoms with Gasteiger partial charge in [-0.25, -0.2) is 0 Å². The number of ether oxygens (including phenoxy) is 3. The normalized spacial score (nSPS) is 10.0. The summed E-state index contributed by atoms with van der Waals surface area (Å²) in [4.78, 5) is 16.5. The maximum atomic E-state index is 12.5. The van der Waals surface area contributed by atoms with E-state index in [-0.39, 0.29) is 12.2 Å². The molecular weight excluding hydrogens is 270 g/mol. The molecule has 0 atom stereocenters. The number of hydrogen-bond donors (Lipinski definition) is 0. The Bertz CT molecular complexity index is 626. The van der Waals surface area contributed by atoms with Crippen molar-refractivity contribution in [3.05, 3.63) is 47.8 Å². The van der Waals surface area contributed by atoms with Crippen LogP contribution in [0.15, 0.2) is 36.7 Å². The maximum Gasteiger partial charge on any atom is 0.204 e. The number of rotatable bonds is 6. The first kappa shape index (κ1) is 14.8. The van der Waals surface area contributed by atoms with E-state index in [1.165, 1.54) is 21.3 Å². The molecule has 1 aromatic heterocycles. The minimum atomic E-state index is -0.0687. The molecular formula is C16H17NO4. The minimum absolute atomic E-state index is 0.0687. The Kier molecular flexibility index (Phi) is 4.77. The molecule has 0 saturated carbocycles. The van der Waals surface area contributed by atoms with Crippen molar-refractivity contribution in [2.75, 3.05) is 21.3 Å². The Balaban J connectivity index is 2.37. The van der Waals surface area contributed by atoms with E-state index in [9.17, 15) is 4.79 Å². The lowest BCUT2D eigenvalue weighted by molar-refractivity contribution is 0.0989. The van der Waals surface area contributed by atoms with Crippen LogP contribution in [0.5, 0.6) is 17.2 Å². The number of pyridine rings is 1. The molecule has 0 amide bonds. The highest BCUT2D eigenvalue weighted by Gasteiger charge is 2.20. The first-order chi connectivity index (χ1) is 10.2. The minimum Gasteiger partial charge on any atom is -0.493 e. The molecule has 0 fully saturated rings. The number of methoxy groups -OCH3 is 3. The van der Waals surface area contributed by atoms with Crippen LogP contribution in [-0.4, -0.2) is 32.1 Å². The zero-order chi connectivity index (χ0) is 15.2. The third kappa shape index (κ3) is 3.13. The van der Waals surface area contributed by atoms with Crippen molar-refractivity contribution in [1.82, 2.24) is 4.98 Å². The van der Waals surface area contributed by atoms with Crippen molar-refractivity contribution in [3.8, 4) is 17.2 Å². The summed E-state index contributed by atoms with van der Waals surface area (Å²) in [7, 11) is 4.54. The lowest BCUT2D eigenvalue weighted by Gasteiger charge is -2.15. The molecule has 0 bridgehead atoms.